The van der Waals surface area contributed by atoms with Crippen LogP contribution in [0, 0.1) is 0 Å². The van der Waals surface area contributed by atoms with Gasteiger partial charge >= 0.3 is 254 Å². The number of carbonyl (C=O) groups is 3. The minimum absolute atomic E-state index is 0.107. The predicted molar refractivity (Wildman–Crippen MR) is 171 cm³/mol. The standard InChI is InChI=1S/C26H25O3.C14H11O.Fe/c1-29-24-16-14-22(15-17-24)25(27)10-6-5-9-21-11-13-23(19-21)26(28)18-12-20-7-3-2-4-8-20;15-14(13-8-4-5-9-13)11-10-12-6-2-1-3-7-12;/h2-4,7-8,11-19H,5-6,9-10H2,1H3;1-11H;. The molecular formula is C40H36FeO4. The molecule has 10 heterocycles. The second-order valence-corrected chi connectivity index (χ2v) is 40.6. The third-order valence-electron chi connectivity index (χ3n) is 21.1. The Balaban J connectivity index is 0.866. The summed E-state index contributed by atoms with van der Waals surface area (Å²) >= 11 is 0. The molecule has 0 amide bonds. The number of hydrogen-bond donors (Lipinski definition) is 0. The van der Waals surface area contributed by atoms with Gasteiger partial charge < -0.3 is 0 Å². The van der Waals surface area contributed by atoms with Crippen molar-refractivity contribution in [3.8, 4) is 5.75 Å². The summed E-state index contributed by atoms with van der Waals surface area (Å²) in [6.45, 7) is -4.64. The first kappa shape index (κ1) is 23.8. The maximum absolute atomic E-state index is 14.7. The van der Waals surface area contributed by atoms with E-state index in [0.717, 1.165) is 56.2 Å². The monoisotopic (exact) mass is 636 g/mol. The number of methoxy groups -OCH3 is 1. The summed E-state index contributed by atoms with van der Waals surface area (Å²) in [7, 11) is 1.64. The second-order valence-electron chi connectivity index (χ2n) is 17.6. The third kappa shape index (κ3) is 0.677. The predicted octanol–water partition coefficient (Wildman–Crippen LogP) is 9.50. The number of benzene rings is 3. The average Bonchev–Trinajstić information content (AvgIpc) is 4.04. The third-order valence-corrected chi connectivity index (χ3v) is 64.8. The topological polar surface area (TPSA) is 60.4 Å². The Bertz CT molecular complexity index is 2390. The van der Waals surface area contributed by atoms with Crippen LogP contribution in [0.2, 0.25) is 46.7 Å². The molecule has 1 spiro atoms. The van der Waals surface area contributed by atoms with E-state index in [-0.39, 0.29) is 14.4 Å². The second kappa shape index (κ2) is 4.07. The van der Waals surface area contributed by atoms with E-state index in [9.17, 15) is 14.4 Å². The van der Waals surface area contributed by atoms with Gasteiger partial charge in [-0.05, 0) is 0 Å². The van der Waals surface area contributed by atoms with Crippen molar-refractivity contribution in [2.24, 2.45) is 0 Å². The molecule has 10 saturated heterocycles. The number of Topliss-reactive ketones (excluding diaryl/α,β-unsaturated/α-hetero) is 1. The number of carbonyl (C=O) groups excluding carboxylic acids is 3. The molecule has 0 bridgehead atoms. The van der Waals surface area contributed by atoms with Crippen LogP contribution in [-0.4, -0.2) is 24.5 Å². The molecule has 0 aliphatic carbocycles. The van der Waals surface area contributed by atoms with Crippen LogP contribution in [0.1, 0.15) is 47.2 Å². The van der Waals surface area contributed by atoms with E-state index in [1.54, 1.807) is 7.11 Å². The molecule has 228 valence electrons. The van der Waals surface area contributed by atoms with E-state index in [4.69, 9.17) is 4.74 Å². The fourth-order valence-electron chi connectivity index (χ4n) is 22.7. The number of hydrogen-bond acceptors (Lipinski definition) is 4. The first-order chi connectivity index (χ1) is 21.7. The summed E-state index contributed by atoms with van der Waals surface area (Å²) in [4.78, 5) is 47.1. The van der Waals surface area contributed by atoms with Crippen LogP contribution in [-0.2, 0) is 16.1 Å². The number of allylic oxidation sites excluding steroid dienone is 2. The molecule has 0 N–H and O–H groups in total. The zero-order chi connectivity index (χ0) is 30.2. The quantitative estimate of drug-likeness (QED) is 0.0812. The summed E-state index contributed by atoms with van der Waals surface area (Å²) < 4.78 is 5.39. The summed E-state index contributed by atoms with van der Waals surface area (Å²) in [5.41, 5.74) is 2.90. The first-order valence-electron chi connectivity index (χ1n) is 16.7. The Morgan fingerprint density at radius 3 is 1.84 bits per heavy atom. The minimum atomic E-state index is -4.64. The van der Waals surface area contributed by atoms with Crippen molar-refractivity contribution in [3.63, 3.8) is 0 Å². The number of fused-ring (bicyclic) bond motifs is 10. The normalized spacial score (nSPS) is 55.5. The van der Waals surface area contributed by atoms with E-state index in [1.807, 2.05) is 85.0 Å². The molecule has 9 atom stereocenters. The van der Waals surface area contributed by atoms with Gasteiger partial charge in [0.25, 0.3) is 0 Å². The SMILES string of the molecule is COc1ccc(C(=O)CCCC[C]23[CH]4[CH]5[C]6(C(=O)C=Cc7ccccc7)[CH]2[Fe]45362789[CH]3[CH]2[CH]7[C]8(C(=O)C=Cc2ccccc2)[CH]39)cc1. The number of unbranched alkanes of at least 4 members (excludes halogenated alkanes) is 1. The van der Waals surface area contributed by atoms with E-state index < -0.39 is 6.51 Å². The van der Waals surface area contributed by atoms with E-state index in [1.165, 1.54) is 0 Å². The Kier molecular flexibility index (Phi) is 2.15. The zero-order valence-electron chi connectivity index (χ0n) is 25.2. The molecule has 5 heteroatoms. The van der Waals surface area contributed by atoms with Gasteiger partial charge in [-0.1, -0.05) is 0 Å². The first-order valence-corrected chi connectivity index (χ1v) is 22.8. The number of ether oxygens (including phenoxy) is 1. The van der Waals surface area contributed by atoms with Gasteiger partial charge in [0.1, 0.15) is 0 Å². The van der Waals surface area contributed by atoms with Crippen molar-refractivity contribution < 1.29 is 25.6 Å². The van der Waals surface area contributed by atoms with Gasteiger partial charge in [-0.25, -0.2) is 0 Å². The molecule has 10 fully saturated rings. The van der Waals surface area contributed by atoms with Gasteiger partial charge in [-0.2, -0.15) is 0 Å². The molecule has 3 aromatic rings. The molecule has 9 unspecified atom stereocenters. The van der Waals surface area contributed by atoms with Crippen molar-refractivity contribution in [2.75, 3.05) is 7.11 Å². The molecule has 4 nitrogen and oxygen atoms in total. The van der Waals surface area contributed by atoms with Gasteiger partial charge in [0.05, 0.1) is 0 Å². The molecule has 3 aromatic carbocycles. The van der Waals surface area contributed by atoms with Crippen molar-refractivity contribution in [2.45, 2.75) is 72.3 Å². The fraction of sp³-hybridized carbons (Fsp3) is 0.375. The molecule has 0 saturated carbocycles. The van der Waals surface area contributed by atoms with Crippen molar-refractivity contribution in [1.29, 1.82) is 0 Å². The Morgan fingerprint density at radius 1 is 0.711 bits per heavy atom. The molecule has 45 heavy (non-hydrogen) atoms. The van der Waals surface area contributed by atoms with Gasteiger partial charge in [-0.15, -0.1) is 0 Å². The molecular weight excluding hydrogens is 600 g/mol. The van der Waals surface area contributed by atoms with Gasteiger partial charge in [0, 0.05) is 0 Å². The van der Waals surface area contributed by atoms with E-state index >= 15 is 0 Å². The van der Waals surface area contributed by atoms with Crippen molar-refractivity contribution in [3.05, 3.63) is 114 Å². The van der Waals surface area contributed by atoms with Crippen molar-refractivity contribution >= 4 is 29.5 Å². The Hall–Kier alpha value is -3.53. The average molecular weight is 637 g/mol. The zero-order valence-corrected chi connectivity index (χ0v) is 26.4. The van der Waals surface area contributed by atoms with Crippen LogP contribution < -0.4 is 4.74 Å². The molecule has 13 rings (SSSR count). The molecule has 0 aromatic heterocycles. The summed E-state index contributed by atoms with van der Waals surface area (Å²) in [6.07, 6.45) is 11.6. The van der Waals surface area contributed by atoms with Gasteiger partial charge in [0.15, 0.2) is 0 Å². The van der Waals surface area contributed by atoms with Crippen LogP contribution in [0.15, 0.2) is 97.1 Å². The molecule has 10 aliphatic rings. The van der Waals surface area contributed by atoms with Crippen LogP contribution in [0.4, 0.5) is 0 Å². The fourth-order valence-corrected chi connectivity index (χ4v) is 101. The maximum atomic E-state index is 14.7. The molecule has 10 aliphatic heterocycles. The summed E-state index contributed by atoms with van der Waals surface area (Å²) in [6, 6.07) is 27.8. The van der Waals surface area contributed by atoms with Crippen LogP contribution in [0.25, 0.3) is 12.2 Å². The van der Waals surface area contributed by atoms with Gasteiger partial charge in [0.2, 0.25) is 0 Å². The van der Waals surface area contributed by atoms with E-state index in [2.05, 4.69) is 24.3 Å². The Labute approximate surface area is 253 Å². The summed E-state index contributed by atoms with van der Waals surface area (Å²) in [5.74, 6) is 1.77. The summed E-state index contributed by atoms with van der Waals surface area (Å²) in [5, 5.41) is 0. The molecule has 0 radical (unpaired) electrons. The van der Waals surface area contributed by atoms with Crippen molar-refractivity contribution in [1.82, 2.24) is 0 Å². The van der Waals surface area contributed by atoms with Crippen LogP contribution in [0.5, 0.6) is 5.75 Å². The number of ketones is 3. The van der Waals surface area contributed by atoms with Gasteiger partial charge in [-0.3, -0.25) is 0 Å². The van der Waals surface area contributed by atoms with Crippen LogP contribution in [0.3, 0.4) is 0 Å². The van der Waals surface area contributed by atoms with E-state index in [0.29, 0.717) is 41.6 Å². The Morgan fingerprint density at radius 2 is 1.29 bits per heavy atom. The van der Waals surface area contributed by atoms with Crippen LogP contribution >= 0.6 is 0 Å². The number of rotatable bonds is 13.